The minimum atomic E-state index is -1.51. The molecule has 2 amide bonds. The number of hydrogen-bond donors (Lipinski definition) is 3. The molecule has 1 aromatic rings. The van der Waals surface area contributed by atoms with Crippen LogP contribution in [0.15, 0.2) is 52.5 Å². The number of anilines is 1. The molecule has 1 fully saturated rings. The highest BCUT2D eigenvalue weighted by molar-refractivity contribution is 8.00. The van der Waals surface area contributed by atoms with E-state index in [4.69, 9.17) is 10.6 Å². The first-order valence-electron chi connectivity index (χ1n) is 10.9. The molecule has 1 saturated heterocycles. The van der Waals surface area contributed by atoms with Crippen molar-refractivity contribution in [2.45, 2.75) is 18.0 Å². The number of carboxylic acids is 2. The number of fused-ring (bicyclic) bond motifs is 2. The number of β-lactam (4-membered cyclic amide) rings is 1. The molecular weight excluding hydrogens is 538 g/mol. The van der Waals surface area contributed by atoms with Crippen LogP contribution < -0.4 is 20.7 Å². The van der Waals surface area contributed by atoms with Crippen molar-refractivity contribution in [1.82, 2.24) is 19.8 Å². The molecule has 4 N–H and O–H groups in total. The highest BCUT2D eigenvalue weighted by Crippen LogP contribution is 2.40. The molecule has 4 aliphatic heterocycles. The summed E-state index contributed by atoms with van der Waals surface area (Å²) in [5.74, 6) is -3.67. The fraction of sp³-hybridized carbons (Fsp3) is 0.227. The van der Waals surface area contributed by atoms with Gasteiger partial charge in [-0.15, -0.1) is 23.1 Å². The Kier molecular flexibility index (Phi) is 6.50. The summed E-state index contributed by atoms with van der Waals surface area (Å²) in [6.45, 7) is 0.129. The van der Waals surface area contributed by atoms with E-state index >= 15 is 0 Å². The Labute approximate surface area is 222 Å². The largest absolute Gasteiger partial charge is 0.543 e. The van der Waals surface area contributed by atoms with Crippen LogP contribution in [0.5, 0.6) is 0 Å². The van der Waals surface area contributed by atoms with Crippen LogP contribution in [0.1, 0.15) is 16.2 Å². The molecule has 1 aromatic heterocycles. The monoisotopic (exact) mass is 557 g/mol. The van der Waals surface area contributed by atoms with E-state index in [1.54, 1.807) is 29.2 Å². The van der Waals surface area contributed by atoms with Gasteiger partial charge in [0.25, 0.3) is 17.5 Å². The van der Waals surface area contributed by atoms with E-state index in [1.807, 2.05) is 0 Å². The molecule has 0 aliphatic carbocycles. The van der Waals surface area contributed by atoms with E-state index in [0.29, 0.717) is 11.3 Å². The molecule has 0 bridgehead atoms. The fourth-order valence-electron chi connectivity index (χ4n) is 4.29. The third-order valence-electron chi connectivity index (χ3n) is 5.94. The van der Waals surface area contributed by atoms with Crippen LogP contribution in [0.4, 0.5) is 5.13 Å². The third-order valence-corrected chi connectivity index (χ3v) is 7.95. The highest BCUT2D eigenvalue weighted by Gasteiger charge is 2.53. The van der Waals surface area contributed by atoms with Gasteiger partial charge in [0.15, 0.2) is 17.0 Å². The first-order valence-corrected chi connectivity index (χ1v) is 12.9. The molecule has 38 heavy (non-hydrogen) atoms. The minimum absolute atomic E-state index is 0.0917. The van der Waals surface area contributed by atoms with Crippen molar-refractivity contribution in [2.75, 3.05) is 18.6 Å². The number of carbonyl (C=O) groups is 4. The van der Waals surface area contributed by atoms with E-state index < -0.39 is 35.2 Å². The van der Waals surface area contributed by atoms with Crippen LogP contribution in [0.25, 0.3) is 5.69 Å². The van der Waals surface area contributed by atoms with Gasteiger partial charge in [0.2, 0.25) is 5.69 Å². The molecular formula is C22H19N7O7S2. The van der Waals surface area contributed by atoms with Crippen molar-refractivity contribution in [3.05, 3.63) is 58.8 Å². The number of rotatable bonds is 8. The fourth-order valence-corrected chi connectivity index (χ4v) is 6.17. The number of amides is 2. The topological polar surface area (TPSA) is 196 Å². The van der Waals surface area contributed by atoms with Crippen LogP contribution in [-0.2, 0) is 25.8 Å². The van der Waals surface area contributed by atoms with Gasteiger partial charge in [0.05, 0.1) is 24.1 Å². The van der Waals surface area contributed by atoms with Gasteiger partial charge >= 0.3 is 5.97 Å². The molecule has 0 spiro atoms. The number of thiazole rings is 1. The second kappa shape index (κ2) is 9.79. The van der Waals surface area contributed by atoms with Crippen LogP contribution in [0.3, 0.4) is 0 Å². The second-order valence-corrected chi connectivity index (χ2v) is 10.2. The van der Waals surface area contributed by atoms with E-state index in [2.05, 4.69) is 15.5 Å². The molecule has 2 atom stereocenters. The summed E-state index contributed by atoms with van der Waals surface area (Å²) in [6, 6.07) is 2.10. The summed E-state index contributed by atoms with van der Waals surface area (Å²) < 4.78 is 3.18. The van der Waals surface area contributed by atoms with Crippen molar-refractivity contribution in [3.63, 3.8) is 0 Å². The number of aromatic carboxylic acids is 1. The number of nitrogens with zero attached hydrogens (tertiary/aromatic N) is 5. The van der Waals surface area contributed by atoms with Gasteiger partial charge in [0, 0.05) is 29.8 Å². The first-order chi connectivity index (χ1) is 18.2. The molecule has 16 heteroatoms. The lowest BCUT2D eigenvalue weighted by molar-refractivity contribution is -0.596. The first kappa shape index (κ1) is 25.2. The SMILES string of the molecule is CO/N=C(\C(=O)N[C@@H]1C(=O)N2C(C(=O)[O-])=C(Cn3cc[n+]4c(C(=O)O)ccc-4c3)CS[C@@H]12)c1csc(N)n1. The lowest BCUT2D eigenvalue weighted by atomic mass is 10.0. The van der Waals surface area contributed by atoms with Crippen LogP contribution in [0, 0.1) is 0 Å². The van der Waals surface area contributed by atoms with E-state index in [1.165, 1.54) is 34.9 Å². The normalized spacial score (nSPS) is 19.2. The van der Waals surface area contributed by atoms with E-state index in [-0.39, 0.29) is 40.2 Å². The van der Waals surface area contributed by atoms with Gasteiger partial charge in [-0.25, -0.2) is 9.78 Å². The van der Waals surface area contributed by atoms with Gasteiger partial charge in [-0.1, -0.05) is 5.16 Å². The average Bonchev–Trinajstić information content (AvgIpc) is 3.51. The molecule has 14 nitrogen and oxygen atoms in total. The Morgan fingerprint density at radius 3 is 2.84 bits per heavy atom. The quantitative estimate of drug-likeness (QED) is 0.125. The predicted octanol–water partition coefficient (Wildman–Crippen LogP) is -1.61. The molecule has 196 valence electrons. The third kappa shape index (κ3) is 4.32. The number of nitrogens with two attached hydrogens (primary N) is 1. The van der Waals surface area contributed by atoms with Gasteiger partial charge < -0.3 is 35.5 Å². The van der Waals surface area contributed by atoms with E-state index in [0.717, 1.165) is 16.2 Å². The van der Waals surface area contributed by atoms with Gasteiger partial charge in [-0.3, -0.25) is 14.5 Å². The summed E-state index contributed by atoms with van der Waals surface area (Å²) in [5, 5.41) is 28.7. The van der Waals surface area contributed by atoms with Crippen molar-refractivity contribution in [3.8, 4) is 5.69 Å². The Morgan fingerprint density at radius 1 is 1.39 bits per heavy atom. The molecule has 5 heterocycles. The molecule has 0 aromatic carbocycles. The molecule has 4 aliphatic rings. The van der Waals surface area contributed by atoms with Gasteiger partial charge in [-0.2, -0.15) is 4.57 Å². The summed E-state index contributed by atoms with van der Waals surface area (Å²) >= 11 is 2.40. The minimum Gasteiger partial charge on any atom is -0.543 e. The Hall–Kier alpha value is -4.44. The second-order valence-electron chi connectivity index (χ2n) is 8.21. The highest BCUT2D eigenvalue weighted by atomic mass is 32.2. The number of carbonyl (C=O) groups excluding carboxylic acids is 3. The average molecular weight is 558 g/mol. The summed E-state index contributed by atoms with van der Waals surface area (Å²) in [7, 11) is 1.26. The molecule has 0 unspecified atom stereocenters. The summed E-state index contributed by atoms with van der Waals surface area (Å²) in [5.41, 5.74) is 6.51. The Balaban J connectivity index is 1.36. The van der Waals surface area contributed by atoms with Crippen LogP contribution >= 0.6 is 23.1 Å². The number of carboxylic acid groups (broad SMARTS) is 2. The lowest BCUT2D eigenvalue weighted by Gasteiger charge is -2.50. The molecule has 5 rings (SSSR count). The number of aromatic nitrogens is 3. The smallest absolute Gasteiger partial charge is 0.401 e. The van der Waals surface area contributed by atoms with Crippen molar-refractivity contribution >= 4 is 57.7 Å². The Morgan fingerprint density at radius 2 is 2.18 bits per heavy atom. The zero-order valence-electron chi connectivity index (χ0n) is 19.6. The van der Waals surface area contributed by atoms with Crippen molar-refractivity contribution in [1.29, 1.82) is 0 Å². The van der Waals surface area contributed by atoms with Gasteiger partial charge in [-0.05, 0) is 5.57 Å². The summed E-state index contributed by atoms with van der Waals surface area (Å²) in [6.07, 6.45) is 4.84. The van der Waals surface area contributed by atoms with Crippen LogP contribution in [0.2, 0.25) is 0 Å². The Bertz CT molecular complexity index is 1510. The maximum absolute atomic E-state index is 13.0. The molecule has 0 radical (unpaired) electrons. The molecule has 0 saturated carbocycles. The zero-order valence-corrected chi connectivity index (χ0v) is 21.2. The van der Waals surface area contributed by atoms with E-state index in [9.17, 15) is 29.4 Å². The summed E-state index contributed by atoms with van der Waals surface area (Å²) in [4.78, 5) is 59.2. The predicted molar refractivity (Wildman–Crippen MR) is 131 cm³/mol. The number of oxime groups is 1. The number of aliphatic carboxylic acids is 1. The number of thioether (sulfide) groups is 1. The standard InChI is InChI=1S/C22H19N7O7S2/c1-36-26-14(12-9-38-22(23)24-12)17(30)25-15-18(31)29-16(21(34)35)10(8-37-19(15)29)6-27-4-5-28-11(7-27)2-3-13(28)20(32)33/h2-5,7,9,15,19H,6,8H2,1H3,(H4-,23,24,25,30,32,33,34,35)/b26-14-/t15-,19+/m1/s1. The maximum Gasteiger partial charge on any atom is 0.401 e. The van der Waals surface area contributed by atoms with Gasteiger partial charge in [0.1, 0.15) is 24.2 Å². The number of nitrogen functional groups attached to an aromatic ring is 1. The van der Waals surface area contributed by atoms with Crippen molar-refractivity contribution < 1.29 is 38.8 Å². The zero-order chi connectivity index (χ0) is 27.1. The van der Waals surface area contributed by atoms with Crippen LogP contribution in [-0.4, -0.2) is 73.3 Å². The number of nitrogens with one attached hydrogen (secondary N) is 1. The maximum atomic E-state index is 13.0. The lowest BCUT2D eigenvalue weighted by Crippen LogP contribution is -2.71. The number of hydrogen-bond acceptors (Lipinski definition) is 11. The van der Waals surface area contributed by atoms with Crippen molar-refractivity contribution in [2.24, 2.45) is 5.16 Å².